The molecular weight excluding hydrogens is 174 g/mol. The average molecular weight is 181 g/mol. The fourth-order valence-electron chi connectivity index (χ4n) is 1.65. The number of hydrogen-bond donors (Lipinski definition) is 3. The third-order valence-corrected chi connectivity index (χ3v) is 2.34. The van der Waals surface area contributed by atoms with Gasteiger partial charge in [-0.25, -0.2) is 9.59 Å². The van der Waals surface area contributed by atoms with Gasteiger partial charge in [0.1, 0.15) is 0 Å². The zero-order valence-corrected chi connectivity index (χ0v) is 6.57. The van der Waals surface area contributed by atoms with Crippen molar-refractivity contribution in [2.24, 2.45) is 5.92 Å². The first-order chi connectivity index (χ1) is 6.11. The van der Waals surface area contributed by atoms with Gasteiger partial charge in [-0.1, -0.05) is 0 Å². The third kappa shape index (κ3) is 0.932. The molecule has 2 bridgehead atoms. The molecule has 3 aliphatic rings. The van der Waals surface area contributed by atoms with Crippen LogP contribution < -0.4 is 5.32 Å². The number of allylic oxidation sites excluding steroid dienone is 1. The molecule has 3 N–H and O–H groups in total. The van der Waals surface area contributed by atoms with Crippen molar-refractivity contribution in [3.8, 4) is 0 Å². The van der Waals surface area contributed by atoms with Gasteiger partial charge in [0.15, 0.2) is 0 Å². The molecule has 0 spiro atoms. The molecule has 2 aliphatic heterocycles. The minimum atomic E-state index is -1.06. The summed E-state index contributed by atoms with van der Waals surface area (Å²) in [5, 5.41) is 20.1. The molecule has 0 fully saturated rings. The van der Waals surface area contributed by atoms with Gasteiger partial charge in [0.2, 0.25) is 0 Å². The topological polar surface area (TPSA) is 86.6 Å². The molecule has 0 aromatic heterocycles. The Morgan fingerprint density at radius 1 is 1.38 bits per heavy atom. The highest BCUT2D eigenvalue weighted by Crippen LogP contribution is 2.41. The van der Waals surface area contributed by atoms with E-state index in [1.807, 2.05) is 0 Å². The summed E-state index contributed by atoms with van der Waals surface area (Å²) in [5.74, 6) is -2.52. The molecule has 3 rings (SSSR count). The molecule has 5 nitrogen and oxygen atoms in total. The van der Waals surface area contributed by atoms with Gasteiger partial charge in [-0.3, -0.25) is 0 Å². The SMILES string of the molecule is O=C(O)C1=CNC2=C(C(=O)O)C1C2. The highest BCUT2D eigenvalue weighted by atomic mass is 16.4. The van der Waals surface area contributed by atoms with Crippen LogP contribution in [0, 0.1) is 5.92 Å². The number of rotatable bonds is 2. The van der Waals surface area contributed by atoms with Gasteiger partial charge in [0.05, 0.1) is 11.1 Å². The number of fused-ring (bicyclic) bond motifs is 1. The smallest absolute Gasteiger partial charge is 0.333 e. The molecule has 0 saturated heterocycles. The Morgan fingerprint density at radius 2 is 2.08 bits per heavy atom. The first-order valence-corrected chi connectivity index (χ1v) is 3.77. The van der Waals surface area contributed by atoms with E-state index in [4.69, 9.17) is 10.2 Å². The van der Waals surface area contributed by atoms with Gasteiger partial charge in [0.25, 0.3) is 0 Å². The molecule has 68 valence electrons. The summed E-state index contributed by atoms with van der Waals surface area (Å²) >= 11 is 0. The number of nitrogens with one attached hydrogen (secondary N) is 1. The van der Waals surface area contributed by atoms with Crippen LogP contribution in [0.3, 0.4) is 0 Å². The molecule has 2 heterocycles. The fraction of sp³-hybridized carbons (Fsp3) is 0.250. The van der Waals surface area contributed by atoms with E-state index in [1.165, 1.54) is 6.20 Å². The van der Waals surface area contributed by atoms with Crippen LogP contribution in [0.1, 0.15) is 6.42 Å². The second-order valence-corrected chi connectivity index (χ2v) is 3.00. The lowest BCUT2D eigenvalue weighted by Gasteiger charge is -2.35. The summed E-state index contributed by atoms with van der Waals surface area (Å²) in [4.78, 5) is 21.3. The Balaban J connectivity index is 2.31. The minimum absolute atomic E-state index is 0.132. The highest BCUT2D eigenvalue weighted by Gasteiger charge is 2.41. The van der Waals surface area contributed by atoms with Crippen molar-refractivity contribution >= 4 is 11.9 Å². The third-order valence-electron chi connectivity index (χ3n) is 2.34. The largest absolute Gasteiger partial charge is 0.478 e. The van der Waals surface area contributed by atoms with E-state index in [0.29, 0.717) is 12.1 Å². The molecule has 1 aliphatic carbocycles. The lowest BCUT2D eigenvalue weighted by molar-refractivity contribution is -0.134. The van der Waals surface area contributed by atoms with Crippen LogP contribution in [0.15, 0.2) is 23.0 Å². The van der Waals surface area contributed by atoms with Crippen LogP contribution >= 0.6 is 0 Å². The molecule has 0 amide bonds. The van der Waals surface area contributed by atoms with Crippen LogP contribution in [-0.2, 0) is 9.59 Å². The van der Waals surface area contributed by atoms with E-state index in [2.05, 4.69) is 5.32 Å². The van der Waals surface area contributed by atoms with Crippen LogP contribution in [0.25, 0.3) is 0 Å². The van der Waals surface area contributed by atoms with Crippen molar-refractivity contribution in [1.82, 2.24) is 5.32 Å². The number of dihydropyridines is 1. The predicted octanol–water partition coefficient (Wildman–Crippen LogP) is -0.0833. The predicted molar refractivity (Wildman–Crippen MR) is 41.6 cm³/mol. The lowest BCUT2D eigenvalue weighted by Crippen LogP contribution is -2.38. The maximum absolute atomic E-state index is 10.6. The van der Waals surface area contributed by atoms with Gasteiger partial charge in [-0.15, -0.1) is 0 Å². The van der Waals surface area contributed by atoms with Gasteiger partial charge < -0.3 is 15.5 Å². The Morgan fingerprint density at radius 3 is 2.54 bits per heavy atom. The monoisotopic (exact) mass is 181 g/mol. The first-order valence-electron chi connectivity index (χ1n) is 3.77. The van der Waals surface area contributed by atoms with Crippen molar-refractivity contribution < 1.29 is 19.8 Å². The number of aliphatic carboxylic acids is 2. The molecule has 1 atom stereocenters. The second-order valence-electron chi connectivity index (χ2n) is 3.00. The summed E-state index contributed by atoms with van der Waals surface area (Å²) in [6, 6.07) is 0. The lowest BCUT2D eigenvalue weighted by atomic mass is 9.74. The molecule has 1 unspecified atom stereocenters. The number of carboxylic acids is 2. The zero-order chi connectivity index (χ0) is 9.59. The highest BCUT2D eigenvalue weighted by molar-refractivity contribution is 5.97. The number of hydrogen-bond acceptors (Lipinski definition) is 3. The van der Waals surface area contributed by atoms with E-state index >= 15 is 0 Å². The summed E-state index contributed by atoms with van der Waals surface area (Å²) < 4.78 is 0. The van der Waals surface area contributed by atoms with Crippen molar-refractivity contribution in [3.05, 3.63) is 23.0 Å². The standard InChI is InChI=1S/C8H7NO4/c10-7(11)4-2-9-5-1-3(4)6(5)8(12)13/h2-3,9H,1H2,(H,10,11)(H,12,13). The van der Waals surface area contributed by atoms with E-state index in [9.17, 15) is 9.59 Å². The second kappa shape index (κ2) is 2.35. The summed E-state index contributed by atoms with van der Waals surface area (Å²) in [6.07, 6.45) is 1.86. The van der Waals surface area contributed by atoms with Gasteiger partial charge >= 0.3 is 11.9 Å². The van der Waals surface area contributed by atoms with Crippen molar-refractivity contribution in [2.45, 2.75) is 6.42 Å². The van der Waals surface area contributed by atoms with E-state index in [0.717, 1.165) is 0 Å². The molecule has 5 heteroatoms. The molecule has 0 saturated carbocycles. The van der Waals surface area contributed by atoms with Crippen molar-refractivity contribution in [3.63, 3.8) is 0 Å². The Labute approximate surface area is 73.4 Å². The van der Waals surface area contributed by atoms with Crippen molar-refractivity contribution in [2.75, 3.05) is 0 Å². The van der Waals surface area contributed by atoms with Gasteiger partial charge in [0, 0.05) is 17.8 Å². The van der Waals surface area contributed by atoms with Gasteiger partial charge in [-0.2, -0.15) is 0 Å². The van der Waals surface area contributed by atoms with Crippen LogP contribution in [0.5, 0.6) is 0 Å². The Kier molecular flexibility index (Phi) is 1.42. The maximum atomic E-state index is 10.6. The molecular formula is C8H7NO4. The normalized spacial score (nSPS) is 24.3. The maximum Gasteiger partial charge on any atom is 0.333 e. The summed E-state index contributed by atoms with van der Waals surface area (Å²) in [7, 11) is 0. The zero-order valence-electron chi connectivity index (χ0n) is 6.57. The quantitative estimate of drug-likeness (QED) is 0.554. The average Bonchev–Trinajstić information content (AvgIpc) is 2.02. The van der Waals surface area contributed by atoms with Crippen LogP contribution in [0.4, 0.5) is 0 Å². The van der Waals surface area contributed by atoms with E-state index in [1.54, 1.807) is 0 Å². The van der Waals surface area contributed by atoms with Crippen LogP contribution in [0.2, 0.25) is 0 Å². The fourth-order valence-corrected chi connectivity index (χ4v) is 1.65. The minimum Gasteiger partial charge on any atom is -0.478 e. The first kappa shape index (κ1) is 7.85. The number of carboxylic acid groups (broad SMARTS) is 2. The molecule has 0 radical (unpaired) electrons. The number of carbonyl (C=O) groups is 2. The Bertz CT molecular complexity index is 366. The van der Waals surface area contributed by atoms with E-state index < -0.39 is 17.9 Å². The summed E-state index contributed by atoms with van der Waals surface area (Å²) in [5.41, 5.74) is 0.954. The van der Waals surface area contributed by atoms with Gasteiger partial charge in [-0.05, 0) is 6.42 Å². The van der Waals surface area contributed by atoms with E-state index in [-0.39, 0.29) is 11.1 Å². The van der Waals surface area contributed by atoms with Crippen molar-refractivity contribution in [1.29, 1.82) is 0 Å². The molecule has 13 heavy (non-hydrogen) atoms. The summed E-state index contributed by atoms with van der Waals surface area (Å²) in [6.45, 7) is 0. The molecule has 0 aromatic rings. The molecule has 0 aromatic carbocycles. The Hall–Kier alpha value is -1.78. The van der Waals surface area contributed by atoms with Crippen LogP contribution in [-0.4, -0.2) is 22.2 Å².